The van der Waals surface area contributed by atoms with E-state index in [0.29, 0.717) is 12.5 Å². The lowest BCUT2D eigenvalue weighted by molar-refractivity contribution is -0.0265. The van der Waals surface area contributed by atoms with Crippen molar-refractivity contribution < 1.29 is 9.47 Å². The molecule has 1 aromatic carbocycles. The number of nitrogens with one attached hydrogen (secondary N) is 2. The lowest BCUT2D eigenvalue weighted by atomic mass is 9.89. The highest BCUT2D eigenvalue weighted by molar-refractivity contribution is 5.80. The maximum Gasteiger partial charge on any atom is 0.191 e. The standard InChI is InChI=1S/C22H32N6O2/c1-23-22(25-18-10-11-20-26-19(15-29-2)27-28(20)14-18)24-13-17-9-6-12-30-21(17)16-7-4-3-5-8-16/h3-5,7-8,17-18,21H,6,9-15H2,1-2H3,(H2,23,24,25). The Morgan fingerprint density at radius 2 is 2.17 bits per heavy atom. The van der Waals surface area contributed by atoms with E-state index in [9.17, 15) is 0 Å². The second kappa shape index (κ2) is 10.0. The third-order valence-electron chi connectivity index (χ3n) is 5.84. The summed E-state index contributed by atoms with van der Waals surface area (Å²) in [6, 6.07) is 10.8. The van der Waals surface area contributed by atoms with Crippen molar-refractivity contribution in [1.82, 2.24) is 25.4 Å². The van der Waals surface area contributed by atoms with Gasteiger partial charge in [-0.1, -0.05) is 30.3 Å². The van der Waals surface area contributed by atoms with Crippen LogP contribution in [0.3, 0.4) is 0 Å². The predicted molar refractivity (Wildman–Crippen MR) is 115 cm³/mol. The van der Waals surface area contributed by atoms with Gasteiger partial charge in [-0.25, -0.2) is 9.67 Å². The first-order valence-electron chi connectivity index (χ1n) is 10.8. The molecule has 3 atom stereocenters. The van der Waals surface area contributed by atoms with Crippen molar-refractivity contribution in [2.75, 3.05) is 27.3 Å². The summed E-state index contributed by atoms with van der Waals surface area (Å²) >= 11 is 0. The number of hydrogen-bond donors (Lipinski definition) is 2. The third kappa shape index (κ3) is 4.99. The zero-order chi connectivity index (χ0) is 20.8. The summed E-state index contributed by atoms with van der Waals surface area (Å²) in [5, 5.41) is 11.6. The van der Waals surface area contributed by atoms with Crippen LogP contribution in [-0.2, 0) is 29.0 Å². The Balaban J connectivity index is 1.32. The molecule has 4 rings (SSSR count). The van der Waals surface area contributed by atoms with E-state index in [4.69, 9.17) is 9.47 Å². The number of aromatic nitrogens is 3. The van der Waals surface area contributed by atoms with Crippen LogP contribution in [0.1, 0.15) is 42.6 Å². The van der Waals surface area contributed by atoms with Gasteiger partial charge >= 0.3 is 0 Å². The summed E-state index contributed by atoms with van der Waals surface area (Å²) in [5.74, 6) is 3.04. The molecule has 3 heterocycles. The first-order chi connectivity index (χ1) is 14.8. The summed E-state index contributed by atoms with van der Waals surface area (Å²) in [7, 11) is 3.49. The molecule has 1 fully saturated rings. The van der Waals surface area contributed by atoms with Gasteiger partial charge in [0.2, 0.25) is 0 Å². The van der Waals surface area contributed by atoms with Crippen LogP contribution in [0.5, 0.6) is 0 Å². The fourth-order valence-electron chi connectivity index (χ4n) is 4.35. The van der Waals surface area contributed by atoms with Crippen molar-refractivity contribution in [2.24, 2.45) is 10.9 Å². The van der Waals surface area contributed by atoms with Gasteiger partial charge in [-0.3, -0.25) is 4.99 Å². The van der Waals surface area contributed by atoms with Crippen LogP contribution in [0.15, 0.2) is 35.3 Å². The smallest absolute Gasteiger partial charge is 0.191 e. The normalized spacial score (nSPS) is 24.3. The Morgan fingerprint density at radius 1 is 1.30 bits per heavy atom. The zero-order valence-electron chi connectivity index (χ0n) is 17.9. The van der Waals surface area contributed by atoms with E-state index in [2.05, 4.69) is 50.0 Å². The molecule has 0 bridgehead atoms. The monoisotopic (exact) mass is 412 g/mol. The first-order valence-corrected chi connectivity index (χ1v) is 10.8. The molecule has 162 valence electrons. The number of aryl methyl sites for hydroxylation is 1. The van der Waals surface area contributed by atoms with Crippen LogP contribution in [0.2, 0.25) is 0 Å². The number of ether oxygens (including phenoxy) is 2. The lowest BCUT2D eigenvalue weighted by Gasteiger charge is -2.33. The van der Waals surface area contributed by atoms with Crippen LogP contribution in [-0.4, -0.2) is 54.1 Å². The average Bonchev–Trinajstić information content (AvgIpc) is 3.19. The van der Waals surface area contributed by atoms with Gasteiger partial charge < -0.3 is 20.1 Å². The Hall–Kier alpha value is -2.45. The minimum absolute atomic E-state index is 0.136. The molecule has 2 aliphatic rings. The molecule has 0 aliphatic carbocycles. The number of guanidine groups is 1. The molecule has 0 amide bonds. The molecule has 2 aliphatic heterocycles. The minimum atomic E-state index is 0.136. The van der Waals surface area contributed by atoms with Crippen molar-refractivity contribution in [3.63, 3.8) is 0 Å². The Bertz CT molecular complexity index is 837. The molecule has 0 radical (unpaired) electrons. The van der Waals surface area contributed by atoms with Crippen LogP contribution in [0, 0.1) is 5.92 Å². The molecule has 2 aromatic rings. The number of benzene rings is 1. The number of hydrogen-bond acceptors (Lipinski definition) is 5. The first kappa shape index (κ1) is 20.8. The highest BCUT2D eigenvalue weighted by Crippen LogP contribution is 2.33. The lowest BCUT2D eigenvalue weighted by Crippen LogP contribution is -2.48. The van der Waals surface area contributed by atoms with Crippen LogP contribution >= 0.6 is 0 Å². The molecule has 3 unspecified atom stereocenters. The summed E-state index contributed by atoms with van der Waals surface area (Å²) < 4.78 is 13.3. The Morgan fingerprint density at radius 3 is 2.97 bits per heavy atom. The van der Waals surface area contributed by atoms with Gasteiger partial charge in [-0.2, -0.15) is 5.10 Å². The highest BCUT2D eigenvalue weighted by atomic mass is 16.5. The molecule has 30 heavy (non-hydrogen) atoms. The topological polar surface area (TPSA) is 85.6 Å². The van der Waals surface area contributed by atoms with Crippen molar-refractivity contribution in [1.29, 1.82) is 0 Å². The Kier molecular flexibility index (Phi) is 6.96. The van der Waals surface area contributed by atoms with Gasteiger partial charge in [0, 0.05) is 45.7 Å². The molecule has 1 saturated heterocycles. The van der Waals surface area contributed by atoms with E-state index in [1.807, 2.05) is 17.8 Å². The van der Waals surface area contributed by atoms with Crippen LogP contribution in [0.25, 0.3) is 0 Å². The number of rotatable bonds is 6. The maximum absolute atomic E-state index is 6.12. The van der Waals surface area contributed by atoms with Gasteiger partial charge in [0.15, 0.2) is 11.8 Å². The Labute approximate surface area is 178 Å². The van der Waals surface area contributed by atoms with Gasteiger partial charge in [-0.05, 0) is 24.8 Å². The van der Waals surface area contributed by atoms with Crippen molar-refractivity contribution >= 4 is 5.96 Å². The molecule has 0 spiro atoms. The van der Waals surface area contributed by atoms with Gasteiger partial charge in [0.1, 0.15) is 12.4 Å². The molecule has 1 aromatic heterocycles. The van der Waals surface area contributed by atoms with Crippen molar-refractivity contribution in [3.05, 3.63) is 47.5 Å². The summed E-state index contributed by atoms with van der Waals surface area (Å²) in [6.45, 7) is 2.90. The number of aliphatic imine (C=N–C) groups is 1. The average molecular weight is 413 g/mol. The number of methoxy groups -OCH3 is 1. The molecular weight excluding hydrogens is 380 g/mol. The van der Waals surface area contributed by atoms with E-state index in [1.54, 1.807) is 7.11 Å². The molecule has 8 heteroatoms. The van der Waals surface area contributed by atoms with Gasteiger partial charge in [0.05, 0.1) is 12.6 Å². The number of fused-ring (bicyclic) bond motifs is 1. The summed E-state index contributed by atoms with van der Waals surface area (Å²) in [5.41, 5.74) is 1.25. The van der Waals surface area contributed by atoms with Gasteiger partial charge in [0.25, 0.3) is 0 Å². The minimum Gasteiger partial charge on any atom is -0.377 e. The second-order valence-electron chi connectivity index (χ2n) is 8.00. The fraction of sp³-hybridized carbons (Fsp3) is 0.591. The number of nitrogens with zero attached hydrogens (tertiary/aromatic N) is 4. The molecule has 0 saturated carbocycles. The van der Waals surface area contributed by atoms with E-state index in [-0.39, 0.29) is 12.1 Å². The quantitative estimate of drug-likeness (QED) is 0.558. The SMILES string of the molecule is CN=C(NCC1CCCOC1c1ccccc1)NC1CCc2nc(COC)nn2C1. The molecular formula is C22H32N6O2. The maximum atomic E-state index is 6.12. The van der Waals surface area contributed by atoms with Crippen molar-refractivity contribution in [2.45, 2.75) is 51.0 Å². The van der Waals surface area contributed by atoms with Crippen molar-refractivity contribution in [3.8, 4) is 0 Å². The van der Waals surface area contributed by atoms with Crippen LogP contribution in [0.4, 0.5) is 0 Å². The molecule has 2 N–H and O–H groups in total. The van der Waals surface area contributed by atoms with E-state index < -0.39 is 0 Å². The predicted octanol–water partition coefficient (Wildman–Crippen LogP) is 2.07. The zero-order valence-corrected chi connectivity index (χ0v) is 17.9. The summed E-state index contributed by atoms with van der Waals surface area (Å²) in [4.78, 5) is 8.99. The second-order valence-corrected chi connectivity index (χ2v) is 8.00. The van der Waals surface area contributed by atoms with E-state index >= 15 is 0 Å². The van der Waals surface area contributed by atoms with Gasteiger partial charge in [-0.15, -0.1) is 0 Å². The largest absolute Gasteiger partial charge is 0.377 e. The fourth-order valence-corrected chi connectivity index (χ4v) is 4.35. The summed E-state index contributed by atoms with van der Waals surface area (Å²) in [6.07, 6.45) is 4.29. The van der Waals surface area contributed by atoms with Crippen LogP contribution < -0.4 is 10.6 Å². The molecule has 8 nitrogen and oxygen atoms in total. The third-order valence-corrected chi connectivity index (χ3v) is 5.84. The van der Waals surface area contributed by atoms with E-state index in [1.165, 1.54) is 5.56 Å². The highest BCUT2D eigenvalue weighted by Gasteiger charge is 2.28. The van der Waals surface area contributed by atoms with E-state index in [0.717, 1.165) is 63.0 Å².